The van der Waals surface area contributed by atoms with Crippen LogP contribution in [0.25, 0.3) is 10.2 Å². The third-order valence-corrected chi connectivity index (χ3v) is 6.58. The van der Waals surface area contributed by atoms with Crippen LogP contribution in [-0.2, 0) is 26.0 Å². The Kier molecular flexibility index (Phi) is 5.97. The molecule has 0 saturated heterocycles. The van der Waals surface area contributed by atoms with Crippen LogP contribution in [0.4, 0.5) is 0 Å². The zero-order valence-electron chi connectivity index (χ0n) is 15.7. The molecule has 0 amide bonds. The summed E-state index contributed by atoms with van der Waals surface area (Å²) in [5.74, 6) is -0.454. The van der Waals surface area contributed by atoms with Crippen molar-refractivity contribution in [2.45, 2.75) is 18.4 Å². The van der Waals surface area contributed by atoms with Crippen molar-refractivity contribution < 1.29 is 22.7 Å². The van der Waals surface area contributed by atoms with Gasteiger partial charge in [0.2, 0.25) is 4.80 Å². The number of hydrogen-bond acceptors (Lipinski definition) is 6. The number of thiazole rings is 1. The number of sulfonamides is 1. The monoisotopic (exact) mass is 420 g/mol. The predicted octanol–water partition coefficient (Wildman–Crippen LogP) is 2.73. The molecule has 2 aromatic carbocycles. The lowest BCUT2D eigenvalue weighted by Gasteiger charge is -2.05. The van der Waals surface area contributed by atoms with E-state index in [1.165, 1.54) is 30.6 Å². The van der Waals surface area contributed by atoms with Crippen LogP contribution in [0.3, 0.4) is 0 Å². The molecule has 7 nitrogen and oxygen atoms in total. The maximum atomic E-state index is 12.8. The molecule has 0 saturated carbocycles. The van der Waals surface area contributed by atoms with Crippen LogP contribution in [-0.4, -0.2) is 39.8 Å². The van der Waals surface area contributed by atoms with Gasteiger partial charge in [-0.3, -0.25) is 0 Å². The number of benzene rings is 2. The fourth-order valence-corrected chi connectivity index (χ4v) is 4.95. The molecule has 0 fully saturated rings. The molecule has 1 aromatic heterocycles. The Bertz CT molecular complexity index is 1180. The Morgan fingerprint density at radius 1 is 1.14 bits per heavy atom. The summed E-state index contributed by atoms with van der Waals surface area (Å²) in [6.07, 6.45) is 0. The normalized spacial score (nSPS) is 12.5. The van der Waals surface area contributed by atoms with E-state index in [0.717, 1.165) is 15.8 Å². The van der Waals surface area contributed by atoms with E-state index in [0.29, 0.717) is 23.5 Å². The molecule has 1 heterocycles. The molecule has 3 rings (SSSR count). The van der Waals surface area contributed by atoms with Gasteiger partial charge in [0.25, 0.3) is 10.0 Å². The quantitative estimate of drug-likeness (QED) is 0.572. The summed E-state index contributed by atoms with van der Waals surface area (Å²) in [5.41, 5.74) is 2.13. The third-order valence-electron chi connectivity index (χ3n) is 4.14. The number of nitrogens with zero attached hydrogens (tertiary/aromatic N) is 2. The van der Waals surface area contributed by atoms with Crippen molar-refractivity contribution in [1.29, 1.82) is 0 Å². The molecule has 0 radical (unpaired) electrons. The summed E-state index contributed by atoms with van der Waals surface area (Å²) >= 11 is 1.19. The van der Waals surface area contributed by atoms with Crippen molar-refractivity contribution in [2.24, 2.45) is 4.40 Å². The summed E-state index contributed by atoms with van der Waals surface area (Å²) in [4.78, 5) is 12.2. The highest BCUT2D eigenvalue weighted by molar-refractivity contribution is 7.90. The van der Waals surface area contributed by atoms with E-state index in [4.69, 9.17) is 9.47 Å². The van der Waals surface area contributed by atoms with Crippen LogP contribution in [0.1, 0.15) is 15.9 Å². The van der Waals surface area contributed by atoms with Crippen molar-refractivity contribution in [2.75, 3.05) is 20.8 Å². The molecule has 3 aromatic rings. The molecule has 0 unspecified atom stereocenters. The molecular formula is C19H20N2O5S2. The Hall–Kier alpha value is -2.49. The van der Waals surface area contributed by atoms with Crippen molar-refractivity contribution in [3.8, 4) is 0 Å². The van der Waals surface area contributed by atoms with Gasteiger partial charge >= 0.3 is 5.97 Å². The highest BCUT2D eigenvalue weighted by atomic mass is 32.2. The number of carbonyl (C=O) groups excluding carboxylic acids is 1. The zero-order valence-corrected chi connectivity index (χ0v) is 17.3. The Labute approximate surface area is 166 Å². The van der Waals surface area contributed by atoms with Gasteiger partial charge in [0.15, 0.2) is 0 Å². The Balaban J connectivity index is 2.18. The van der Waals surface area contributed by atoms with E-state index in [1.807, 2.05) is 6.92 Å². The molecular weight excluding hydrogens is 400 g/mol. The van der Waals surface area contributed by atoms with Crippen molar-refractivity contribution >= 4 is 37.5 Å². The van der Waals surface area contributed by atoms with Gasteiger partial charge in [-0.25, -0.2) is 4.79 Å². The number of rotatable bonds is 6. The first-order valence-electron chi connectivity index (χ1n) is 8.44. The number of hydrogen-bond donors (Lipinski definition) is 0. The summed E-state index contributed by atoms with van der Waals surface area (Å²) in [5, 5.41) is 0. The second kappa shape index (κ2) is 8.26. The molecule has 0 spiro atoms. The second-order valence-corrected chi connectivity index (χ2v) is 8.70. The molecule has 28 heavy (non-hydrogen) atoms. The highest BCUT2D eigenvalue weighted by Crippen LogP contribution is 2.21. The minimum Gasteiger partial charge on any atom is -0.465 e. The smallest absolute Gasteiger partial charge is 0.337 e. The van der Waals surface area contributed by atoms with Crippen LogP contribution in [0.2, 0.25) is 0 Å². The van der Waals surface area contributed by atoms with Gasteiger partial charge in [-0.05, 0) is 37.3 Å². The molecule has 0 aliphatic carbocycles. The standard InChI is InChI=1S/C19H20N2O5S2/c1-13-4-7-15(8-5-13)28(23,24)20-19-21(10-11-25-2)16-9-6-14(18(22)26-3)12-17(16)27-19/h4-9,12H,10-11H2,1-3H3/b20-19-. The number of ether oxygens (including phenoxy) is 2. The number of aromatic nitrogens is 1. The number of esters is 1. The van der Waals surface area contributed by atoms with Crippen molar-refractivity contribution in [1.82, 2.24) is 4.57 Å². The first-order valence-corrected chi connectivity index (χ1v) is 10.7. The van der Waals surface area contributed by atoms with E-state index >= 15 is 0 Å². The lowest BCUT2D eigenvalue weighted by Crippen LogP contribution is -2.19. The largest absolute Gasteiger partial charge is 0.465 e. The van der Waals surface area contributed by atoms with Crippen molar-refractivity contribution in [3.63, 3.8) is 0 Å². The minimum atomic E-state index is -3.87. The van der Waals surface area contributed by atoms with Crippen LogP contribution >= 0.6 is 11.3 Å². The maximum absolute atomic E-state index is 12.8. The van der Waals surface area contributed by atoms with Gasteiger partial charge in [0, 0.05) is 13.7 Å². The minimum absolute atomic E-state index is 0.129. The molecule has 0 aliphatic heterocycles. The topological polar surface area (TPSA) is 87.0 Å². The SMILES string of the molecule is COCCn1/c(=N/S(=O)(=O)c2ccc(C)cc2)sc2cc(C(=O)OC)ccc21. The molecule has 0 atom stereocenters. The number of methoxy groups -OCH3 is 2. The summed E-state index contributed by atoms with van der Waals surface area (Å²) < 4.78 is 42.0. The molecule has 0 aliphatic rings. The lowest BCUT2D eigenvalue weighted by molar-refractivity contribution is 0.0601. The van der Waals surface area contributed by atoms with Gasteiger partial charge < -0.3 is 14.0 Å². The average Bonchev–Trinajstić information content (AvgIpc) is 3.01. The van der Waals surface area contributed by atoms with E-state index in [-0.39, 0.29) is 4.90 Å². The predicted molar refractivity (Wildman–Crippen MR) is 107 cm³/mol. The summed E-state index contributed by atoms with van der Waals surface area (Å²) in [6.45, 7) is 2.70. The molecule has 0 N–H and O–H groups in total. The van der Waals surface area contributed by atoms with E-state index in [9.17, 15) is 13.2 Å². The van der Waals surface area contributed by atoms with Gasteiger partial charge in [-0.15, -0.1) is 4.40 Å². The molecule has 148 valence electrons. The summed E-state index contributed by atoms with van der Waals surface area (Å²) in [7, 11) is -0.986. The van der Waals surface area contributed by atoms with E-state index in [2.05, 4.69) is 4.40 Å². The first-order chi connectivity index (χ1) is 13.4. The van der Waals surface area contributed by atoms with Gasteiger partial charge in [0.05, 0.1) is 34.4 Å². The van der Waals surface area contributed by atoms with Gasteiger partial charge in [0.1, 0.15) is 0 Å². The van der Waals surface area contributed by atoms with Crippen molar-refractivity contribution in [3.05, 3.63) is 58.4 Å². The third kappa shape index (κ3) is 4.16. The van der Waals surface area contributed by atoms with Gasteiger partial charge in [-0.2, -0.15) is 8.42 Å². The van der Waals surface area contributed by atoms with E-state index in [1.54, 1.807) is 42.0 Å². The zero-order chi connectivity index (χ0) is 20.3. The fraction of sp³-hybridized carbons (Fsp3) is 0.263. The fourth-order valence-electron chi connectivity index (χ4n) is 2.65. The first kappa shape index (κ1) is 20.2. The molecule has 9 heteroatoms. The molecule has 0 bridgehead atoms. The number of aryl methyl sites for hydroxylation is 1. The van der Waals surface area contributed by atoms with Crippen LogP contribution < -0.4 is 4.80 Å². The van der Waals surface area contributed by atoms with Crippen LogP contribution in [0, 0.1) is 6.92 Å². The van der Waals surface area contributed by atoms with Crippen LogP contribution in [0.15, 0.2) is 51.8 Å². The summed E-state index contributed by atoms with van der Waals surface area (Å²) in [6, 6.07) is 11.6. The number of fused-ring (bicyclic) bond motifs is 1. The van der Waals surface area contributed by atoms with Crippen LogP contribution in [0.5, 0.6) is 0 Å². The van der Waals surface area contributed by atoms with Gasteiger partial charge in [-0.1, -0.05) is 29.0 Å². The Morgan fingerprint density at radius 2 is 1.86 bits per heavy atom. The average molecular weight is 421 g/mol. The maximum Gasteiger partial charge on any atom is 0.337 e. The van der Waals surface area contributed by atoms with E-state index < -0.39 is 16.0 Å². The Morgan fingerprint density at radius 3 is 2.50 bits per heavy atom. The number of carbonyl (C=O) groups is 1. The second-order valence-electron chi connectivity index (χ2n) is 6.08. The lowest BCUT2D eigenvalue weighted by atomic mass is 10.2. The highest BCUT2D eigenvalue weighted by Gasteiger charge is 2.16.